The molecule has 13 heavy (non-hydrogen) atoms. The van der Waals surface area contributed by atoms with Crippen LogP contribution >= 0.6 is 11.3 Å². The van der Waals surface area contributed by atoms with Gasteiger partial charge in [-0.05, 0) is 11.4 Å². The van der Waals surface area contributed by atoms with Crippen LogP contribution in [0.15, 0.2) is 22.4 Å². The lowest BCUT2D eigenvalue weighted by molar-refractivity contribution is -0.386. The van der Waals surface area contributed by atoms with E-state index in [1.165, 1.54) is 11.3 Å². The van der Waals surface area contributed by atoms with Gasteiger partial charge in [-0.15, -0.1) is 11.3 Å². The van der Waals surface area contributed by atoms with Gasteiger partial charge in [-0.2, -0.15) is 0 Å². The van der Waals surface area contributed by atoms with Crippen molar-refractivity contribution in [3.8, 4) is 0 Å². The first kappa shape index (κ1) is 7.93. The first-order chi connectivity index (χ1) is 6.20. The van der Waals surface area contributed by atoms with Crippen molar-refractivity contribution < 1.29 is 4.92 Å². The van der Waals surface area contributed by atoms with Gasteiger partial charge in [0.2, 0.25) is 0 Å². The number of nitrogens with zero attached hydrogens (tertiary/aromatic N) is 1. The minimum Gasteiger partial charge on any atom is -0.347 e. The Morgan fingerprint density at radius 3 is 3.00 bits per heavy atom. The summed E-state index contributed by atoms with van der Waals surface area (Å²) in [5.41, 5.74) is -0.939. The maximum absolute atomic E-state index is 11.4. The Hall–Kier alpha value is -1.69. The molecule has 2 rings (SSSR count). The average Bonchev–Trinajstić information content (AvgIpc) is 2.52. The van der Waals surface area contributed by atoms with Crippen molar-refractivity contribution in [3.63, 3.8) is 0 Å². The molecule has 1 N–H and O–H groups in total. The van der Waals surface area contributed by atoms with Crippen LogP contribution in [0.3, 0.4) is 0 Å². The largest absolute Gasteiger partial charge is 0.347 e. The van der Waals surface area contributed by atoms with Gasteiger partial charge in [0.05, 0.1) is 16.5 Å². The number of aromatic amines is 1. The Morgan fingerprint density at radius 2 is 2.31 bits per heavy atom. The first-order valence-corrected chi connectivity index (χ1v) is 4.31. The quantitative estimate of drug-likeness (QED) is 0.554. The zero-order valence-corrected chi connectivity index (χ0v) is 7.13. The number of H-pyrrole nitrogens is 1. The number of pyridine rings is 1. The summed E-state index contributed by atoms with van der Waals surface area (Å²) >= 11 is 1.34. The fraction of sp³-hybridized carbons (Fsp3) is 0. The van der Waals surface area contributed by atoms with Crippen molar-refractivity contribution in [2.75, 3.05) is 0 Å². The van der Waals surface area contributed by atoms with Crippen molar-refractivity contribution >= 4 is 27.2 Å². The molecule has 0 radical (unpaired) electrons. The average molecular weight is 196 g/mol. The van der Waals surface area contributed by atoms with E-state index < -0.39 is 16.0 Å². The standard InChI is InChI=1S/C7H4N2O3S/c10-6-4-1-2-13-7(4)8-3-5(6)9(11)12/h1-3H,(H,8,10). The normalized spacial score (nSPS) is 10.5. The van der Waals surface area contributed by atoms with Gasteiger partial charge in [-0.1, -0.05) is 0 Å². The Bertz CT molecular complexity index is 528. The number of thiophene rings is 1. The van der Waals surface area contributed by atoms with Crippen LogP contribution in [0.1, 0.15) is 0 Å². The van der Waals surface area contributed by atoms with Crippen molar-refractivity contribution in [3.05, 3.63) is 38.0 Å². The zero-order valence-electron chi connectivity index (χ0n) is 6.31. The van der Waals surface area contributed by atoms with E-state index in [2.05, 4.69) is 4.98 Å². The molecule has 66 valence electrons. The van der Waals surface area contributed by atoms with Crippen LogP contribution in [0.25, 0.3) is 10.2 Å². The molecule has 2 aromatic heterocycles. The molecule has 0 atom stereocenters. The van der Waals surface area contributed by atoms with Crippen LogP contribution in [0.5, 0.6) is 0 Å². The molecule has 0 unspecified atom stereocenters. The molecule has 0 saturated heterocycles. The molecule has 0 aliphatic carbocycles. The van der Waals surface area contributed by atoms with E-state index in [4.69, 9.17) is 0 Å². The number of aromatic nitrogens is 1. The van der Waals surface area contributed by atoms with Gasteiger partial charge < -0.3 is 4.98 Å². The van der Waals surface area contributed by atoms with Gasteiger partial charge in [-0.25, -0.2) is 0 Å². The van der Waals surface area contributed by atoms with E-state index in [9.17, 15) is 14.9 Å². The molecule has 0 spiro atoms. The second-order valence-electron chi connectivity index (χ2n) is 2.42. The van der Waals surface area contributed by atoms with Gasteiger partial charge in [-0.3, -0.25) is 14.9 Å². The molecule has 0 saturated carbocycles. The third-order valence-corrected chi connectivity index (χ3v) is 2.52. The summed E-state index contributed by atoms with van der Waals surface area (Å²) in [4.78, 5) is 24.4. The summed E-state index contributed by atoms with van der Waals surface area (Å²) in [6, 6.07) is 1.58. The smallest absolute Gasteiger partial charge is 0.332 e. The molecule has 2 heterocycles. The fourth-order valence-corrected chi connectivity index (χ4v) is 1.83. The minimum atomic E-state index is -0.685. The van der Waals surface area contributed by atoms with Gasteiger partial charge in [0.25, 0.3) is 5.43 Å². The second-order valence-corrected chi connectivity index (χ2v) is 3.34. The van der Waals surface area contributed by atoms with Crippen molar-refractivity contribution in [2.45, 2.75) is 0 Å². The van der Waals surface area contributed by atoms with Crippen LogP contribution < -0.4 is 5.43 Å². The SMILES string of the molecule is O=c1c([N+](=O)[O-])c[nH]c2sccc12. The Kier molecular flexibility index (Phi) is 1.63. The van der Waals surface area contributed by atoms with Crippen molar-refractivity contribution in [1.29, 1.82) is 0 Å². The molecule has 0 aliphatic rings. The Labute approximate surface area is 75.8 Å². The molecule has 6 heteroatoms. The highest BCUT2D eigenvalue weighted by atomic mass is 32.1. The summed E-state index contributed by atoms with van der Waals surface area (Å²) < 4.78 is 0. The molecule has 0 aromatic carbocycles. The van der Waals surface area contributed by atoms with Gasteiger partial charge >= 0.3 is 5.69 Å². The number of nitro groups is 1. The number of hydrogen-bond donors (Lipinski definition) is 1. The number of nitrogens with one attached hydrogen (secondary N) is 1. The first-order valence-electron chi connectivity index (χ1n) is 3.43. The molecular weight excluding hydrogens is 192 g/mol. The van der Waals surface area contributed by atoms with E-state index >= 15 is 0 Å². The highest BCUT2D eigenvalue weighted by Crippen LogP contribution is 2.16. The molecule has 5 nitrogen and oxygen atoms in total. The van der Waals surface area contributed by atoms with Gasteiger partial charge in [0.1, 0.15) is 4.83 Å². The number of fused-ring (bicyclic) bond motifs is 1. The summed E-state index contributed by atoms with van der Waals surface area (Å²) in [6.45, 7) is 0. The third-order valence-electron chi connectivity index (χ3n) is 1.68. The van der Waals surface area contributed by atoms with E-state index in [0.29, 0.717) is 10.2 Å². The van der Waals surface area contributed by atoms with E-state index in [0.717, 1.165) is 6.20 Å². The predicted molar refractivity (Wildman–Crippen MR) is 49.1 cm³/mol. The number of rotatable bonds is 1. The van der Waals surface area contributed by atoms with E-state index in [1.54, 1.807) is 11.4 Å². The van der Waals surface area contributed by atoms with Gasteiger partial charge in [0, 0.05) is 0 Å². The van der Waals surface area contributed by atoms with Crippen LogP contribution in [0.2, 0.25) is 0 Å². The molecule has 0 bridgehead atoms. The summed E-state index contributed by atoms with van der Waals surface area (Å²) in [7, 11) is 0. The Morgan fingerprint density at radius 1 is 1.54 bits per heavy atom. The van der Waals surface area contributed by atoms with Crippen LogP contribution in [0, 0.1) is 10.1 Å². The monoisotopic (exact) mass is 196 g/mol. The lowest BCUT2D eigenvalue weighted by Gasteiger charge is -1.90. The van der Waals surface area contributed by atoms with Crippen molar-refractivity contribution in [2.24, 2.45) is 0 Å². The van der Waals surface area contributed by atoms with Crippen LogP contribution in [-0.4, -0.2) is 9.91 Å². The molecular formula is C7H4N2O3S. The summed E-state index contributed by atoms with van der Waals surface area (Å²) in [6.07, 6.45) is 1.13. The maximum Gasteiger partial charge on any atom is 0.332 e. The van der Waals surface area contributed by atoms with E-state index in [-0.39, 0.29) is 0 Å². The minimum absolute atomic E-state index is 0.374. The van der Waals surface area contributed by atoms with Crippen LogP contribution in [-0.2, 0) is 0 Å². The lowest BCUT2D eigenvalue weighted by atomic mass is 10.3. The highest BCUT2D eigenvalue weighted by molar-refractivity contribution is 7.16. The maximum atomic E-state index is 11.4. The molecule has 0 fully saturated rings. The zero-order chi connectivity index (χ0) is 9.42. The van der Waals surface area contributed by atoms with Crippen molar-refractivity contribution in [1.82, 2.24) is 4.98 Å². The molecule has 2 aromatic rings. The third kappa shape index (κ3) is 1.11. The lowest BCUT2D eigenvalue weighted by Crippen LogP contribution is -2.07. The van der Waals surface area contributed by atoms with E-state index in [1.807, 2.05) is 0 Å². The Balaban J connectivity index is 2.89. The van der Waals surface area contributed by atoms with Crippen LogP contribution in [0.4, 0.5) is 5.69 Å². The van der Waals surface area contributed by atoms with Gasteiger partial charge in [0.15, 0.2) is 0 Å². The fourth-order valence-electron chi connectivity index (χ4n) is 1.07. The summed E-state index contributed by atoms with van der Waals surface area (Å²) in [5, 5.41) is 12.5. The number of hydrogen-bond acceptors (Lipinski definition) is 4. The molecule has 0 amide bonds. The highest BCUT2D eigenvalue weighted by Gasteiger charge is 2.14. The second kappa shape index (κ2) is 2.67. The summed E-state index contributed by atoms with van der Waals surface area (Å²) in [5.74, 6) is 0. The molecule has 0 aliphatic heterocycles. The predicted octanol–water partition coefficient (Wildman–Crippen LogP) is 1.50. The topological polar surface area (TPSA) is 76.0 Å².